The highest BCUT2D eigenvalue weighted by molar-refractivity contribution is 6.23. The van der Waals surface area contributed by atoms with Gasteiger partial charge in [-0.2, -0.15) is 0 Å². The summed E-state index contributed by atoms with van der Waals surface area (Å²) in [7, 11) is 0. The molecule has 2 amide bonds. The lowest BCUT2D eigenvalue weighted by atomic mass is 10.1. The molecule has 1 heterocycles. The van der Waals surface area contributed by atoms with E-state index >= 15 is 0 Å². The van der Waals surface area contributed by atoms with Gasteiger partial charge in [-0.05, 0) is 17.2 Å². The van der Waals surface area contributed by atoms with Crippen LogP contribution in [0.2, 0.25) is 0 Å². The van der Waals surface area contributed by atoms with Gasteiger partial charge in [0.25, 0.3) is 0 Å². The molecule has 0 radical (unpaired) electrons. The molecule has 5 heteroatoms. The molecule has 90 valence electrons. The summed E-state index contributed by atoms with van der Waals surface area (Å²) in [6.07, 6.45) is 0.433. The molecule has 0 bridgehead atoms. The molecule has 0 spiro atoms. The van der Waals surface area contributed by atoms with Gasteiger partial charge in [0.1, 0.15) is 0 Å². The van der Waals surface area contributed by atoms with Crippen molar-refractivity contribution in [1.29, 1.82) is 0 Å². The highest BCUT2D eigenvalue weighted by Gasteiger charge is 2.31. The Morgan fingerprint density at radius 2 is 2.24 bits per heavy atom. The van der Waals surface area contributed by atoms with Crippen LogP contribution in [0.25, 0.3) is 0 Å². The van der Waals surface area contributed by atoms with Crippen molar-refractivity contribution in [3.63, 3.8) is 0 Å². The number of hydrogen-bond acceptors (Lipinski definition) is 3. The smallest absolute Gasteiger partial charge is 0.238 e. The molecule has 2 rings (SSSR count). The first-order valence-corrected chi connectivity index (χ1v) is 5.94. The van der Waals surface area contributed by atoms with E-state index in [0.717, 1.165) is 11.1 Å². The number of carbonyl (C=O) groups excluding carboxylic acids is 2. The number of hydrogen-bond donors (Lipinski definition) is 1. The molecule has 4 nitrogen and oxygen atoms in total. The van der Waals surface area contributed by atoms with Gasteiger partial charge in [-0.15, -0.1) is 11.6 Å². The summed E-state index contributed by atoms with van der Waals surface area (Å²) in [5, 5.41) is 0. The van der Waals surface area contributed by atoms with Crippen molar-refractivity contribution in [2.75, 3.05) is 10.8 Å². The quantitative estimate of drug-likeness (QED) is 0.822. The van der Waals surface area contributed by atoms with Crippen LogP contribution in [0.15, 0.2) is 18.2 Å². The summed E-state index contributed by atoms with van der Waals surface area (Å²) in [6.45, 7) is 0.428. The summed E-state index contributed by atoms with van der Waals surface area (Å²) in [5.74, 6) is -0.215. The molecule has 0 aliphatic carbocycles. The van der Waals surface area contributed by atoms with E-state index in [2.05, 4.69) is 0 Å². The Bertz CT molecular complexity index is 474. The van der Waals surface area contributed by atoms with Gasteiger partial charge in [-0.25, -0.2) is 4.90 Å². The molecule has 1 aromatic carbocycles. The summed E-state index contributed by atoms with van der Waals surface area (Å²) >= 11 is 5.52. The second kappa shape index (κ2) is 4.85. The Morgan fingerprint density at radius 3 is 2.88 bits per heavy atom. The minimum atomic E-state index is -0.246. The number of imide groups is 1. The van der Waals surface area contributed by atoms with Gasteiger partial charge in [-0.1, -0.05) is 12.1 Å². The Balaban J connectivity index is 2.34. The molecule has 1 aliphatic rings. The number of fused-ring (bicyclic) bond motifs is 1. The second-order valence-corrected chi connectivity index (χ2v) is 4.28. The van der Waals surface area contributed by atoms with Crippen molar-refractivity contribution in [2.45, 2.75) is 19.4 Å². The van der Waals surface area contributed by atoms with Crippen LogP contribution in [0.3, 0.4) is 0 Å². The summed E-state index contributed by atoms with van der Waals surface area (Å²) < 4.78 is 0. The first kappa shape index (κ1) is 12.1. The number of halogens is 1. The normalized spacial score (nSPS) is 14.0. The van der Waals surface area contributed by atoms with Gasteiger partial charge in [0.05, 0.1) is 12.1 Å². The van der Waals surface area contributed by atoms with Gasteiger partial charge in [0.2, 0.25) is 11.8 Å². The number of rotatable bonds is 3. The van der Waals surface area contributed by atoms with E-state index < -0.39 is 0 Å². The average Bonchev–Trinajstić information content (AvgIpc) is 2.64. The molecule has 0 unspecified atom stereocenters. The zero-order valence-corrected chi connectivity index (χ0v) is 10.0. The minimum Gasteiger partial charge on any atom is -0.326 e. The first-order chi connectivity index (χ1) is 8.17. The average molecular weight is 253 g/mol. The summed E-state index contributed by atoms with van der Waals surface area (Å²) in [5.41, 5.74) is 8.03. The summed E-state index contributed by atoms with van der Waals surface area (Å²) in [6, 6.07) is 5.48. The second-order valence-electron chi connectivity index (χ2n) is 3.91. The van der Waals surface area contributed by atoms with Crippen molar-refractivity contribution in [1.82, 2.24) is 0 Å². The van der Waals surface area contributed by atoms with E-state index in [4.69, 9.17) is 17.3 Å². The Hall–Kier alpha value is -1.39. The standard InChI is InChI=1S/C12H13ClN2O2/c13-4-3-11(16)15-10-2-1-8(7-14)5-9(10)6-12(15)17/h1-2,5H,3-4,6-7,14H2. The zero-order chi connectivity index (χ0) is 12.4. The highest BCUT2D eigenvalue weighted by Crippen LogP contribution is 2.30. The molecule has 1 aliphatic heterocycles. The Kier molecular flexibility index (Phi) is 3.45. The minimum absolute atomic E-state index is 0.172. The van der Waals surface area contributed by atoms with Crippen molar-refractivity contribution in [3.05, 3.63) is 29.3 Å². The lowest BCUT2D eigenvalue weighted by Gasteiger charge is -2.14. The van der Waals surface area contributed by atoms with Crippen LogP contribution >= 0.6 is 11.6 Å². The molecule has 0 saturated carbocycles. The van der Waals surface area contributed by atoms with Gasteiger partial charge in [-0.3, -0.25) is 9.59 Å². The molecule has 0 atom stereocenters. The van der Waals surface area contributed by atoms with Crippen LogP contribution < -0.4 is 10.6 Å². The van der Waals surface area contributed by atoms with Crippen molar-refractivity contribution < 1.29 is 9.59 Å². The SMILES string of the molecule is NCc1ccc2c(c1)CC(=O)N2C(=O)CCCl. The molecule has 0 aromatic heterocycles. The number of amides is 2. The number of alkyl halides is 1. The fraction of sp³-hybridized carbons (Fsp3) is 0.333. The van der Waals surface area contributed by atoms with Crippen molar-refractivity contribution in [3.8, 4) is 0 Å². The van der Waals surface area contributed by atoms with Gasteiger partial charge >= 0.3 is 0 Å². The number of nitrogens with zero attached hydrogens (tertiary/aromatic N) is 1. The third-order valence-electron chi connectivity index (χ3n) is 2.77. The zero-order valence-electron chi connectivity index (χ0n) is 9.28. The molecule has 17 heavy (non-hydrogen) atoms. The first-order valence-electron chi connectivity index (χ1n) is 5.41. The van der Waals surface area contributed by atoms with Crippen LogP contribution in [0.1, 0.15) is 17.5 Å². The largest absolute Gasteiger partial charge is 0.326 e. The van der Waals surface area contributed by atoms with Gasteiger partial charge < -0.3 is 5.73 Å². The molecule has 1 aromatic rings. The fourth-order valence-corrected chi connectivity index (χ4v) is 2.13. The Labute approximate surface area is 104 Å². The number of nitrogens with two attached hydrogens (primary N) is 1. The van der Waals surface area contributed by atoms with Crippen molar-refractivity contribution in [2.24, 2.45) is 5.73 Å². The predicted molar refractivity (Wildman–Crippen MR) is 65.9 cm³/mol. The van der Waals surface area contributed by atoms with E-state index in [0.29, 0.717) is 12.2 Å². The van der Waals surface area contributed by atoms with Gasteiger partial charge in [0, 0.05) is 18.8 Å². The van der Waals surface area contributed by atoms with Crippen molar-refractivity contribution >= 4 is 29.1 Å². The van der Waals surface area contributed by atoms with Crippen LogP contribution in [0, 0.1) is 0 Å². The third kappa shape index (κ3) is 2.18. The van der Waals surface area contributed by atoms with Gasteiger partial charge in [0.15, 0.2) is 0 Å². The van der Waals surface area contributed by atoms with E-state index in [-0.39, 0.29) is 30.5 Å². The fourth-order valence-electron chi connectivity index (χ4n) is 1.97. The lowest BCUT2D eigenvalue weighted by Crippen LogP contribution is -2.33. The highest BCUT2D eigenvalue weighted by atomic mass is 35.5. The third-order valence-corrected chi connectivity index (χ3v) is 2.96. The molecule has 0 saturated heterocycles. The van der Waals surface area contributed by atoms with Crippen LogP contribution in [-0.4, -0.2) is 17.7 Å². The van der Waals surface area contributed by atoms with E-state index in [9.17, 15) is 9.59 Å². The van der Waals surface area contributed by atoms with Crippen LogP contribution in [-0.2, 0) is 22.6 Å². The molecular formula is C12H13ClN2O2. The van der Waals surface area contributed by atoms with Crippen LogP contribution in [0.5, 0.6) is 0 Å². The summed E-state index contributed by atoms with van der Waals surface area (Å²) in [4.78, 5) is 24.8. The molecule has 2 N–H and O–H groups in total. The number of carbonyl (C=O) groups is 2. The van der Waals surface area contributed by atoms with E-state index in [1.54, 1.807) is 6.07 Å². The predicted octanol–water partition coefficient (Wildman–Crippen LogP) is 1.19. The Morgan fingerprint density at radius 1 is 1.47 bits per heavy atom. The molecule has 0 fully saturated rings. The maximum absolute atomic E-state index is 11.8. The van der Waals surface area contributed by atoms with E-state index in [1.807, 2.05) is 12.1 Å². The lowest BCUT2D eigenvalue weighted by molar-refractivity contribution is -0.125. The maximum Gasteiger partial charge on any atom is 0.238 e. The number of anilines is 1. The topological polar surface area (TPSA) is 63.4 Å². The number of benzene rings is 1. The maximum atomic E-state index is 11.8. The molecular weight excluding hydrogens is 240 g/mol. The van der Waals surface area contributed by atoms with Crippen LogP contribution in [0.4, 0.5) is 5.69 Å². The van der Waals surface area contributed by atoms with E-state index in [1.165, 1.54) is 4.90 Å². The monoisotopic (exact) mass is 252 g/mol.